The highest BCUT2D eigenvalue weighted by Crippen LogP contribution is 2.31. The first kappa shape index (κ1) is 28.1. The van der Waals surface area contributed by atoms with Crippen molar-refractivity contribution in [2.45, 2.75) is 34.9 Å². The largest absolute Gasteiger partial charge is 0.416 e. The van der Waals surface area contributed by atoms with E-state index in [0.717, 1.165) is 29.0 Å². The molecule has 3 rings (SSSR count). The molecule has 0 spiro atoms. The lowest BCUT2D eigenvalue weighted by Gasteiger charge is -2.16. The van der Waals surface area contributed by atoms with Gasteiger partial charge in [0.2, 0.25) is 9.84 Å². The number of ether oxygens (including phenoxy) is 1. The molecule has 1 aromatic carbocycles. The highest BCUT2D eigenvalue weighted by atomic mass is 32.2. The molecule has 2 aromatic heterocycles. The monoisotopic (exact) mass is 525 g/mol. The summed E-state index contributed by atoms with van der Waals surface area (Å²) in [6, 6.07) is 9.49. The maximum atomic E-state index is 12.7. The number of hydrogen-bond donors (Lipinski definition) is 2. The van der Waals surface area contributed by atoms with E-state index in [-0.39, 0.29) is 5.69 Å². The standard InChI is InChI=1S/C16H16F6N2O4S.C5H5N/c17-15(18,19)9-28-8-12(25)7-24-6-11(23)5-14(24)29(26,27)13-3-1-10(2-4-13)16(20,21)22;1-2-4-6-5-3-1/h1-6,12,25H,7-9,23H2;1-5H. The van der Waals surface area contributed by atoms with Crippen molar-refractivity contribution in [2.75, 3.05) is 18.9 Å². The number of nitrogen functional groups attached to an aromatic ring is 1. The number of alkyl halides is 6. The van der Waals surface area contributed by atoms with Crippen molar-refractivity contribution in [1.29, 1.82) is 0 Å². The maximum absolute atomic E-state index is 12.7. The van der Waals surface area contributed by atoms with E-state index in [4.69, 9.17) is 5.73 Å². The summed E-state index contributed by atoms with van der Waals surface area (Å²) in [7, 11) is -4.32. The summed E-state index contributed by atoms with van der Waals surface area (Å²) < 4.78 is 105. The third-order valence-corrected chi connectivity index (χ3v) is 5.99. The number of benzene rings is 1. The molecule has 192 valence electrons. The SMILES string of the molecule is Nc1cc(S(=O)(=O)c2ccc(C(F)(F)F)cc2)n(CC(O)COCC(F)(F)F)c1.c1ccncc1. The highest BCUT2D eigenvalue weighted by Gasteiger charge is 2.32. The van der Waals surface area contributed by atoms with Gasteiger partial charge in [-0.05, 0) is 42.5 Å². The Balaban J connectivity index is 0.000000625. The number of aliphatic hydroxyl groups excluding tert-OH is 1. The van der Waals surface area contributed by atoms with Crippen LogP contribution in [0.4, 0.5) is 32.0 Å². The Morgan fingerprint density at radius 3 is 2.09 bits per heavy atom. The van der Waals surface area contributed by atoms with Gasteiger partial charge in [-0.2, -0.15) is 26.3 Å². The lowest BCUT2D eigenvalue weighted by molar-refractivity contribution is -0.179. The first-order valence-corrected chi connectivity index (χ1v) is 11.2. The average molecular weight is 525 g/mol. The van der Waals surface area contributed by atoms with Crippen molar-refractivity contribution in [3.63, 3.8) is 0 Å². The van der Waals surface area contributed by atoms with E-state index < -0.39 is 63.5 Å². The van der Waals surface area contributed by atoms with Gasteiger partial charge in [0.05, 0.1) is 35.4 Å². The lowest BCUT2D eigenvalue weighted by Crippen LogP contribution is -2.26. The Hall–Kier alpha value is -3.10. The fourth-order valence-electron chi connectivity index (χ4n) is 2.73. The zero-order valence-corrected chi connectivity index (χ0v) is 18.7. The third kappa shape index (κ3) is 8.88. The fraction of sp³-hybridized carbons (Fsp3) is 0.286. The predicted molar refractivity (Wildman–Crippen MR) is 113 cm³/mol. The van der Waals surface area contributed by atoms with Crippen LogP contribution in [0.1, 0.15) is 5.56 Å². The van der Waals surface area contributed by atoms with Crippen LogP contribution in [-0.2, 0) is 27.3 Å². The molecule has 1 unspecified atom stereocenters. The van der Waals surface area contributed by atoms with Gasteiger partial charge in [0.15, 0.2) is 0 Å². The first-order chi connectivity index (χ1) is 16.2. The fourth-order valence-corrected chi connectivity index (χ4v) is 4.19. The number of sulfone groups is 1. The maximum Gasteiger partial charge on any atom is 0.416 e. The molecule has 0 bridgehead atoms. The molecule has 0 amide bonds. The second-order valence-electron chi connectivity index (χ2n) is 7.10. The van der Waals surface area contributed by atoms with E-state index in [1.54, 1.807) is 12.4 Å². The van der Waals surface area contributed by atoms with E-state index in [1.807, 2.05) is 18.2 Å². The molecule has 0 saturated carbocycles. The molecule has 1 atom stereocenters. The molecule has 3 N–H and O–H groups in total. The van der Waals surface area contributed by atoms with Gasteiger partial charge in [-0.3, -0.25) is 4.98 Å². The Morgan fingerprint density at radius 2 is 1.63 bits per heavy atom. The van der Waals surface area contributed by atoms with Gasteiger partial charge < -0.3 is 20.1 Å². The van der Waals surface area contributed by atoms with Crippen LogP contribution in [0.3, 0.4) is 0 Å². The second kappa shape index (κ2) is 11.6. The van der Waals surface area contributed by atoms with Gasteiger partial charge in [-0.1, -0.05) is 6.07 Å². The van der Waals surface area contributed by atoms with E-state index in [0.29, 0.717) is 12.1 Å². The van der Waals surface area contributed by atoms with Crippen LogP contribution < -0.4 is 5.73 Å². The van der Waals surface area contributed by atoms with Crippen molar-refractivity contribution in [3.05, 3.63) is 72.7 Å². The van der Waals surface area contributed by atoms with E-state index >= 15 is 0 Å². The smallest absolute Gasteiger partial charge is 0.397 e. The van der Waals surface area contributed by atoms with Gasteiger partial charge in [0, 0.05) is 18.6 Å². The molecule has 2 heterocycles. The minimum atomic E-state index is -4.65. The van der Waals surface area contributed by atoms with Crippen LogP contribution in [0.2, 0.25) is 0 Å². The molecule has 0 aliphatic heterocycles. The number of nitrogens with two attached hydrogens (primary N) is 1. The number of pyridine rings is 1. The van der Waals surface area contributed by atoms with E-state index in [2.05, 4.69) is 9.72 Å². The zero-order valence-electron chi connectivity index (χ0n) is 17.9. The molecular formula is C21H21F6N3O4S. The van der Waals surface area contributed by atoms with Gasteiger partial charge in [0.25, 0.3) is 0 Å². The van der Waals surface area contributed by atoms with Crippen LogP contribution in [0, 0.1) is 0 Å². The van der Waals surface area contributed by atoms with Crippen LogP contribution in [0.25, 0.3) is 0 Å². The Morgan fingerprint density at radius 1 is 1.03 bits per heavy atom. The lowest BCUT2D eigenvalue weighted by atomic mass is 10.2. The van der Waals surface area contributed by atoms with Gasteiger partial charge >= 0.3 is 12.4 Å². The molecule has 35 heavy (non-hydrogen) atoms. The average Bonchev–Trinajstić information content (AvgIpc) is 3.14. The molecule has 7 nitrogen and oxygen atoms in total. The summed E-state index contributed by atoms with van der Waals surface area (Å²) in [5.74, 6) is 0. The summed E-state index contributed by atoms with van der Waals surface area (Å²) >= 11 is 0. The van der Waals surface area contributed by atoms with Crippen molar-refractivity contribution in [3.8, 4) is 0 Å². The van der Waals surface area contributed by atoms with Crippen LogP contribution in [0.5, 0.6) is 0 Å². The minimum absolute atomic E-state index is 0.0288. The molecular weight excluding hydrogens is 504 g/mol. The van der Waals surface area contributed by atoms with Gasteiger partial charge in [-0.25, -0.2) is 8.42 Å². The van der Waals surface area contributed by atoms with Crippen molar-refractivity contribution in [1.82, 2.24) is 9.55 Å². The Kier molecular flexibility index (Phi) is 9.29. The van der Waals surface area contributed by atoms with Crippen molar-refractivity contribution < 1.29 is 44.6 Å². The van der Waals surface area contributed by atoms with Crippen molar-refractivity contribution >= 4 is 15.5 Å². The molecule has 0 aliphatic carbocycles. The topological polar surface area (TPSA) is 107 Å². The normalized spacial score (nSPS) is 13.1. The minimum Gasteiger partial charge on any atom is -0.397 e. The van der Waals surface area contributed by atoms with Crippen LogP contribution >= 0.6 is 0 Å². The zero-order chi connectivity index (χ0) is 26.3. The first-order valence-electron chi connectivity index (χ1n) is 9.75. The number of aromatic nitrogens is 2. The molecule has 0 saturated heterocycles. The number of aliphatic hydroxyl groups is 1. The number of anilines is 1. The predicted octanol–water partition coefficient (Wildman–Crippen LogP) is 3.94. The summed E-state index contributed by atoms with van der Waals surface area (Å²) in [6.45, 7) is -2.78. The van der Waals surface area contributed by atoms with Gasteiger partial charge in [-0.15, -0.1) is 0 Å². The summed E-state index contributed by atoms with van der Waals surface area (Å²) in [4.78, 5) is 3.33. The molecule has 0 radical (unpaired) electrons. The molecule has 0 aliphatic rings. The number of hydrogen-bond acceptors (Lipinski definition) is 6. The van der Waals surface area contributed by atoms with Crippen LogP contribution in [0.15, 0.2) is 77.0 Å². The second-order valence-corrected chi connectivity index (χ2v) is 8.99. The molecule has 3 aromatic rings. The highest BCUT2D eigenvalue weighted by molar-refractivity contribution is 7.91. The number of halogens is 6. The van der Waals surface area contributed by atoms with E-state index in [1.165, 1.54) is 0 Å². The summed E-state index contributed by atoms with van der Waals surface area (Å²) in [6.07, 6.45) is -6.10. The quantitative estimate of drug-likeness (QED) is 0.453. The van der Waals surface area contributed by atoms with Crippen molar-refractivity contribution in [2.24, 2.45) is 0 Å². The van der Waals surface area contributed by atoms with Gasteiger partial charge in [0.1, 0.15) is 11.6 Å². The summed E-state index contributed by atoms with van der Waals surface area (Å²) in [5.41, 5.74) is 4.51. The molecule has 0 fully saturated rings. The van der Waals surface area contributed by atoms with E-state index in [9.17, 15) is 39.9 Å². The van der Waals surface area contributed by atoms with Crippen LogP contribution in [-0.4, -0.2) is 48.6 Å². The Bertz CT molecular complexity index is 1140. The molecule has 14 heteroatoms. The number of nitrogens with zero attached hydrogens (tertiary/aromatic N) is 2. The Labute approximate surface area is 196 Å². The number of rotatable bonds is 7. The third-order valence-electron chi connectivity index (χ3n) is 4.20. The summed E-state index contributed by atoms with van der Waals surface area (Å²) in [5, 5.41) is 9.38.